The minimum Gasteiger partial charge on any atom is -0.506 e. The molecular formula is C29H29F3N2O4. The molecular weight excluding hydrogens is 497 g/mol. The van der Waals surface area contributed by atoms with Crippen LogP contribution in [-0.2, 0) is 11.2 Å². The number of benzene rings is 1. The highest BCUT2D eigenvalue weighted by molar-refractivity contribution is 5.93. The first-order valence-electron chi connectivity index (χ1n) is 12.4. The first kappa shape index (κ1) is 27.0. The van der Waals surface area contributed by atoms with E-state index in [1.54, 1.807) is 19.1 Å². The van der Waals surface area contributed by atoms with Crippen LogP contribution >= 0.6 is 0 Å². The summed E-state index contributed by atoms with van der Waals surface area (Å²) in [5, 5.41) is 30.9. The number of carboxylic acids is 1. The lowest BCUT2D eigenvalue weighted by atomic mass is 9.90. The number of hydrogen-bond acceptors (Lipinski definition) is 4. The maximum atomic E-state index is 13.6. The second-order valence-corrected chi connectivity index (χ2v) is 9.61. The van der Waals surface area contributed by atoms with Gasteiger partial charge in [-0.05, 0) is 72.6 Å². The van der Waals surface area contributed by atoms with E-state index in [0.717, 1.165) is 6.08 Å². The molecule has 0 amide bonds. The van der Waals surface area contributed by atoms with E-state index in [-0.39, 0.29) is 58.8 Å². The van der Waals surface area contributed by atoms with Crippen molar-refractivity contribution >= 4 is 35.7 Å². The zero-order chi connectivity index (χ0) is 27.8. The van der Waals surface area contributed by atoms with E-state index in [0.29, 0.717) is 23.2 Å². The SMILES string of the molecule is CC/C(=C\c1ccc(N=Cc2c3c(n(C4=CC(C)C(C)C=C4)c2O)C=C(C(F)(F)F)CC3)c(O)c1)C(=O)O. The number of carbonyl (C=O) groups is 1. The van der Waals surface area contributed by atoms with Gasteiger partial charge in [0.2, 0.25) is 5.88 Å². The Morgan fingerprint density at radius 1 is 1.18 bits per heavy atom. The number of phenolic OH excluding ortho intramolecular Hbond substituents is 1. The smallest absolute Gasteiger partial charge is 0.412 e. The average molecular weight is 527 g/mol. The minimum absolute atomic E-state index is 0.0657. The number of carboxylic acid groups (broad SMARTS) is 1. The quantitative estimate of drug-likeness (QED) is 0.276. The fourth-order valence-electron chi connectivity index (χ4n) is 4.62. The lowest BCUT2D eigenvalue weighted by Gasteiger charge is -2.22. The van der Waals surface area contributed by atoms with Crippen LogP contribution in [0.1, 0.15) is 56.0 Å². The summed E-state index contributed by atoms with van der Waals surface area (Å²) in [4.78, 5) is 15.6. The maximum absolute atomic E-state index is 13.6. The van der Waals surface area contributed by atoms with Crippen LogP contribution in [0.2, 0.25) is 0 Å². The highest BCUT2D eigenvalue weighted by Gasteiger charge is 2.37. The Morgan fingerprint density at radius 3 is 2.53 bits per heavy atom. The Bertz CT molecular complexity index is 1420. The maximum Gasteiger partial charge on any atom is 0.412 e. The molecule has 0 aliphatic heterocycles. The second-order valence-electron chi connectivity index (χ2n) is 9.61. The summed E-state index contributed by atoms with van der Waals surface area (Å²) in [7, 11) is 0. The number of aliphatic imine (C=N–C) groups is 1. The number of rotatable bonds is 6. The number of alkyl halides is 3. The molecule has 4 rings (SSSR count). The number of phenols is 1. The van der Waals surface area contributed by atoms with Crippen LogP contribution in [0.5, 0.6) is 11.6 Å². The Balaban J connectivity index is 1.78. The monoisotopic (exact) mass is 526 g/mol. The third-order valence-electron chi connectivity index (χ3n) is 7.07. The van der Waals surface area contributed by atoms with Crippen molar-refractivity contribution in [3.63, 3.8) is 0 Å². The molecule has 2 atom stereocenters. The van der Waals surface area contributed by atoms with Gasteiger partial charge >= 0.3 is 12.1 Å². The van der Waals surface area contributed by atoms with E-state index >= 15 is 0 Å². The summed E-state index contributed by atoms with van der Waals surface area (Å²) >= 11 is 0. The highest BCUT2D eigenvalue weighted by atomic mass is 19.4. The molecule has 3 N–H and O–H groups in total. The Kier molecular flexibility index (Phi) is 7.40. The van der Waals surface area contributed by atoms with Crippen LogP contribution in [-0.4, -0.2) is 38.2 Å². The normalized spacial score (nSPS) is 19.9. The van der Waals surface area contributed by atoms with Crippen molar-refractivity contribution in [2.24, 2.45) is 16.8 Å². The van der Waals surface area contributed by atoms with E-state index < -0.39 is 17.7 Å². The van der Waals surface area contributed by atoms with Crippen LogP contribution < -0.4 is 0 Å². The van der Waals surface area contributed by atoms with Crippen molar-refractivity contribution in [2.75, 3.05) is 0 Å². The first-order chi connectivity index (χ1) is 17.9. The summed E-state index contributed by atoms with van der Waals surface area (Å²) in [6, 6.07) is 4.48. The molecule has 2 aromatic rings. The number of aromatic nitrogens is 1. The van der Waals surface area contributed by atoms with Gasteiger partial charge in [-0.25, -0.2) is 4.79 Å². The van der Waals surface area contributed by atoms with Crippen molar-refractivity contribution in [3.8, 4) is 11.6 Å². The molecule has 0 fully saturated rings. The van der Waals surface area contributed by atoms with Gasteiger partial charge in [0, 0.05) is 23.1 Å². The molecule has 2 unspecified atom stereocenters. The van der Waals surface area contributed by atoms with E-state index in [2.05, 4.69) is 4.99 Å². The molecule has 0 bridgehead atoms. The first-order valence-corrected chi connectivity index (χ1v) is 12.4. The number of aromatic hydroxyl groups is 2. The van der Waals surface area contributed by atoms with Gasteiger partial charge in [0.15, 0.2) is 0 Å². The number of nitrogens with zero attached hydrogens (tertiary/aromatic N) is 2. The van der Waals surface area contributed by atoms with Gasteiger partial charge in [0.25, 0.3) is 0 Å². The van der Waals surface area contributed by atoms with Gasteiger partial charge in [-0.1, -0.05) is 39.0 Å². The predicted octanol–water partition coefficient (Wildman–Crippen LogP) is 7.10. The van der Waals surface area contributed by atoms with E-state index in [1.807, 2.05) is 26.0 Å². The van der Waals surface area contributed by atoms with Gasteiger partial charge in [0.1, 0.15) is 11.4 Å². The van der Waals surface area contributed by atoms with Gasteiger partial charge in [-0.15, -0.1) is 0 Å². The summed E-state index contributed by atoms with van der Waals surface area (Å²) in [6.07, 6.45) is 5.22. The number of aliphatic carboxylic acids is 1. The molecule has 2 aliphatic rings. The number of fused-ring (bicyclic) bond motifs is 1. The molecule has 1 aromatic carbocycles. The lowest BCUT2D eigenvalue weighted by Crippen LogP contribution is -2.17. The molecule has 0 saturated carbocycles. The third-order valence-corrected chi connectivity index (χ3v) is 7.07. The molecule has 2 aliphatic carbocycles. The number of allylic oxidation sites excluding steroid dienone is 5. The van der Waals surface area contributed by atoms with Crippen LogP contribution in [0.15, 0.2) is 52.6 Å². The molecule has 0 spiro atoms. The topological polar surface area (TPSA) is 95.0 Å². The van der Waals surface area contributed by atoms with E-state index in [4.69, 9.17) is 0 Å². The molecule has 6 nitrogen and oxygen atoms in total. The largest absolute Gasteiger partial charge is 0.506 e. The highest BCUT2D eigenvalue weighted by Crippen LogP contribution is 2.42. The zero-order valence-corrected chi connectivity index (χ0v) is 21.3. The second kappa shape index (κ2) is 10.4. The van der Waals surface area contributed by atoms with Gasteiger partial charge < -0.3 is 15.3 Å². The van der Waals surface area contributed by atoms with Crippen LogP contribution in [0.4, 0.5) is 18.9 Å². The fraction of sp³-hybridized carbons (Fsp3) is 0.310. The minimum atomic E-state index is -4.48. The molecule has 0 saturated heterocycles. The Hall–Kier alpha value is -4.01. The van der Waals surface area contributed by atoms with Crippen molar-refractivity contribution in [2.45, 2.75) is 46.2 Å². The summed E-state index contributed by atoms with van der Waals surface area (Å²) in [5.41, 5.74) is 1.81. The molecule has 1 heterocycles. The Labute approximate surface area is 218 Å². The summed E-state index contributed by atoms with van der Waals surface area (Å²) in [5.74, 6) is -1.11. The average Bonchev–Trinajstić information content (AvgIpc) is 3.13. The summed E-state index contributed by atoms with van der Waals surface area (Å²) in [6.45, 7) is 5.75. The molecule has 38 heavy (non-hydrogen) atoms. The number of hydrogen-bond donors (Lipinski definition) is 3. The van der Waals surface area contributed by atoms with Crippen molar-refractivity contribution in [1.82, 2.24) is 4.57 Å². The molecule has 9 heteroatoms. The van der Waals surface area contributed by atoms with Crippen molar-refractivity contribution in [3.05, 3.63) is 70.0 Å². The fourth-order valence-corrected chi connectivity index (χ4v) is 4.62. The van der Waals surface area contributed by atoms with Crippen LogP contribution in [0, 0.1) is 11.8 Å². The van der Waals surface area contributed by atoms with E-state index in [1.165, 1.54) is 29.0 Å². The predicted molar refractivity (Wildman–Crippen MR) is 141 cm³/mol. The molecule has 1 aromatic heterocycles. The summed E-state index contributed by atoms with van der Waals surface area (Å²) < 4.78 is 42.1. The van der Waals surface area contributed by atoms with Crippen molar-refractivity contribution < 1.29 is 33.3 Å². The van der Waals surface area contributed by atoms with Crippen molar-refractivity contribution in [1.29, 1.82) is 0 Å². The standard InChI is InChI=1S/C29H29F3N2O4/c1-4-19(28(37)38)12-18-6-10-24(26(35)13-18)33-15-23-22-9-7-20(29(30,31)32)14-25(22)34(27(23)36)21-8-5-16(2)17(3)11-21/h5-6,8,10-17,35-36H,4,7,9H2,1-3H3,(H,37,38)/b19-12+,33-15?. The molecule has 200 valence electrons. The van der Waals surface area contributed by atoms with E-state index in [9.17, 15) is 33.3 Å². The zero-order valence-electron chi connectivity index (χ0n) is 21.3. The lowest BCUT2D eigenvalue weighted by molar-refractivity contribution is -0.132. The molecule has 0 radical (unpaired) electrons. The van der Waals surface area contributed by atoms with Crippen LogP contribution in [0.25, 0.3) is 17.8 Å². The van der Waals surface area contributed by atoms with Gasteiger partial charge in [0.05, 0.1) is 11.3 Å². The third kappa shape index (κ3) is 5.32. The Morgan fingerprint density at radius 2 is 1.92 bits per heavy atom. The van der Waals surface area contributed by atoms with Crippen LogP contribution in [0.3, 0.4) is 0 Å². The van der Waals surface area contributed by atoms with Gasteiger partial charge in [-0.2, -0.15) is 13.2 Å². The number of halogens is 3. The van der Waals surface area contributed by atoms with Gasteiger partial charge in [-0.3, -0.25) is 9.56 Å².